The Morgan fingerprint density at radius 2 is 1.87 bits per heavy atom. The first-order valence-corrected chi connectivity index (χ1v) is 11.1. The van der Waals surface area contributed by atoms with Crippen LogP contribution in [0.5, 0.6) is 0 Å². The molecule has 3 aromatic rings. The predicted molar refractivity (Wildman–Crippen MR) is 117 cm³/mol. The number of benzene rings is 2. The molecule has 1 atom stereocenters. The zero-order chi connectivity index (χ0) is 21.1. The fourth-order valence-electron chi connectivity index (χ4n) is 3.38. The lowest BCUT2D eigenvalue weighted by atomic mass is 9.98. The van der Waals surface area contributed by atoms with E-state index in [4.69, 9.17) is 0 Å². The number of amides is 1. The molecule has 1 aliphatic carbocycles. The number of allylic oxidation sites excluding steroid dienone is 1. The minimum absolute atomic E-state index is 0.245. The Kier molecular flexibility index (Phi) is 5.41. The van der Waals surface area contributed by atoms with Gasteiger partial charge in [0.2, 0.25) is 5.91 Å². The molecule has 1 aromatic heterocycles. The minimum Gasteiger partial charge on any atom is -0.324 e. The van der Waals surface area contributed by atoms with Crippen LogP contribution in [0.1, 0.15) is 30.5 Å². The number of rotatable bonds is 6. The molecule has 2 N–H and O–H groups in total. The number of carbonyl (C=O) groups is 1. The zero-order valence-electron chi connectivity index (χ0n) is 16.4. The quantitative estimate of drug-likeness (QED) is 0.632. The van der Waals surface area contributed by atoms with Crippen molar-refractivity contribution in [3.63, 3.8) is 0 Å². The summed E-state index contributed by atoms with van der Waals surface area (Å²) in [6, 6.07) is 15.7. The molecule has 0 saturated heterocycles. The van der Waals surface area contributed by atoms with Crippen molar-refractivity contribution in [2.45, 2.75) is 25.8 Å². The summed E-state index contributed by atoms with van der Waals surface area (Å²) in [5, 5.41) is 6.87. The topological polar surface area (TPSA) is 93.1 Å². The number of sulfonamides is 1. The molecule has 8 heteroatoms. The Morgan fingerprint density at radius 3 is 2.67 bits per heavy atom. The summed E-state index contributed by atoms with van der Waals surface area (Å²) in [6.07, 6.45) is 6.18. The number of hydrogen-bond donors (Lipinski definition) is 2. The van der Waals surface area contributed by atoms with Crippen LogP contribution in [0.2, 0.25) is 0 Å². The summed E-state index contributed by atoms with van der Waals surface area (Å²) in [6.45, 7) is 1.74. The van der Waals surface area contributed by atoms with Crippen molar-refractivity contribution in [3.05, 3.63) is 83.0 Å². The smallest absolute Gasteiger partial charge is 0.258 e. The van der Waals surface area contributed by atoms with Crippen LogP contribution in [0.25, 0.3) is 6.08 Å². The van der Waals surface area contributed by atoms with Crippen molar-refractivity contribution in [2.24, 2.45) is 0 Å². The minimum atomic E-state index is -3.69. The second-order valence-electron chi connectivity index (χ2n) is 7.15. The lowest BCUT2D eigenvalue weighted by Crippen LogP contribution is -2.24. The Hall–Kier alpha value is -3.39. The third-order valence-corrected chi connectivity index (χ3v) is 6.56. The molecule has 7 nitrogen and oxygen atoms in total. The second kappa shape index (κ2) is 8.16. The number of aromatic nitrogens is 2. The average Bonchev–Trinajstić information content (AvgIpc) is 3.27. The predicted octanol–water partition coefficient (Wildman–Crippen LogP) is 3.81. The van der Waals surface area contributed by atoms with Crippen LogP contribution in [-0.2, 0) is 21.2 Å². The highest BCUT2D eigenvalue weighted by Gasteiger charge is 2.22. The Balaban J connectivity index is 1.49. The standard InChI is InChI=1S/C22H22N4O3S/c1-16(26-13-5-12-23-26)22(27)24-19-8-4-9-20(15-19)25-30(28,29)21-11-10-17-6-2-3-7-18(17)14-21/h2-9,12-16,25H,10-11H2,1H3,(H,24,27). The van der Waals surface area contributed by atoms with Gasteiger partial charge < -0.3 is 5.32 Å². The average molecular weight is 423 g/mol. The van der Waals surface area contributed by atoms with E-state index in [0.29, 0.717) is 29.1 Å². The highest BCUT2D eigenvalue weighted by atomic mass is 32.2. The van der Waals surface area contributed by atoms with E-state index in [1.165, 1.54) is 0 Å². The van der Waals surface area contributed by atoms with Crippen LogP contribution < -0.4 is 10.0 Å². The van der Waals surface area contributed by atoms with Crippen molar-refractivity contribution >= 4 is 33.4 Å². The van der Waals surface area contributed by atoms with Gasteiger partial charge in [0, 0.05) is 18.1 Å². The molecule has 1 aliphatic rings. The first-order valence-electron chi connectivity index (χ1n) is 9.64. The first-order chi connectivity index (χ1) is 14.4. The van der Waals surface area contributed by atoms with Gasteiger partial charge in [-0.3, -0.25) is 14.2 Å². The number of fused-ring (bicyclic) bond motifs is 1. The molecule has 30 heavy (non-hydrogen) atoms. The fourth-order valence-corrected chi connectivity index (χ4v) is 4.60. The lowest BCUT2D eigenvalue weighted by Gasteiger charge is -2.18. The Labute approximate surface area is 175 Å². The Morgan fingerprint density at radius 1 is 1.07 bits per heavy atom. The van der Waals surface area contributed by atoms with Gasteiger partial charge in [0.1, 0.15) is 6.04 Å². The van der Waals surface area contributed by atoms with Gasteiger partial charge in [-0.1, -0.05) is 30.3 Å². The van der Waals surface area contributed by atoms with E-state index in [0.717, 1.165) is 11.1 Å². The van der Waals surface area contributed by atoms with E-state index >= 15 is 0 Å². The third-order valence-electron chi connectivity index (χ3n) is 5.04. The summed E-state index contributed by atoms with van der Waals surface area (Å²) in [5.74, 6) is -0.245. The maximum Gasteiger partial charge on any atom is 0.258 e. The van der Waals surface area contributed by atoms with Crippen molar-refractivity contribution in [2.75, 3.05) is 10.0 Å². The molecule has 0 fully saturated rings. The second-order valence-corrected chi connectivity index (χ2v) is 8.88. The molecule has 1 heterocycles. The maximum absolute atomic E-state index is 12.9. The van der Waals surface area contributed by atoms with Gasteiger partial charge in [-0.05, 0) is 61.2 Å². The summed E-state index contributed by atoms with van der Waals surface area (Å²) in [5.41, 5.74) is 2.96. The molecule has 0 spiro atoms. The monoisotopic (exact) mass is 422 g/mol. The molecule has 4 rings (SSSR count). The summed E-state index contributed by atoms with van der Waals surface area (Å²) in [7, 11) is -3.69. The molecule has 0 saturated carbocycles. The van der Waals surface area contributed by atoms with Gasteiger partial charge >= 0.3 is 0 Å². The molecule has 0 aliphatic heterocycles. The number of carbonyl (C=O) groups excluding carboxylic acids is 1. The van der Waals surface area contributed by atoms with E-state index < -0.39 is 16.1 Å². The van der Waals surface area contributed by atoms with Crippen LogP contribution in [0.15, 0.2) is 71.9 Å². The van der Waals surface area contributed by atoms with E-state index in [1.54, 1.807) is 60.4 Å². The van der Waals surface area contributed by atoms with Gasteiger partial charge in [-0.2, -0.15) is 5.10 Å². The van der Waals surface area contributed by atoms with Gasteiger partial charge in [-0.25, -0.2) is 8.42 Å². The summed E-state index contributed by atoms with van der Waals surface area (Å²) < 4.78 is 29.9. The van der Waals surface area contributed by atoms with Gasteiger partial charge in [0.05, 0.1) is 10.6 Å². The molecule has 0 radical (unpaired) electrons. The van der Waals surface area contributed by atoms with E-state index in [1.807, 2.05) is 24.3 Å². The van der Waals surface area contributed by atoms with Gasteiger partial charge in [0.15, 0.2) is 0 Å². The van der Waals surface area contributed by atoms with Crippen LogP contribution in [0.4, 0.5) is 11.4 Å². The fraction of sp³-hybridized carbons (Fsp3) is 0.182. The molecule has 154 valence electrons. The van der Waals surface area contributed by atoms with Crippen molar-refractivity contribution in [1.29, 1.82) is 0 Å². The first kappa shape index (κ1) is 19.9. The van der Waals surface area contributed by atoms with E-state index in [2.05, 4.69) is 15.1 Å². The number of aryl methyl sites for hydroxylation is 1. The highest BCUT2D eigenvalue weighted by Crippen LogP contribution is 2.28. The van der Waals surface area contributed by atoms with Crippen LogP contribution in [0, 0.1) is 0 Å². The molecular weight excluding hydrogens is 400 g/mol. The van der Waals surface area contributed by atoms with Crippen molar-refractivity contribution in [3.8, 4) is 0 Å². The van der Waals surface area contributed by atoms with Crippen LogP contribution in [0.3, 0.4) is 0 Å². The number of hydrogen-bond acceptors (Lipinski definition) is 4. The SMILES string of the molecule is CC(C(=O)Nc1cccc(NS(=O)(=O)C2=Cc3ccccc3CC2)c1)n1cccn1. The van der Waals surface area contributed by atoms with Gasteiger partial charge in [-0.15, -0.1) is 0 Å². The lowest BCUT2D eigenvalue weighted by molar-refractivity contribution is -0.119. The summed E-state index contributed by atoms with van der Waals surface area (Å²) >= 11 is 0. The van der Waals surface area contributed by atoms with Crippen LogP contribution >= 0.6 is 0 Å². The van der Waals surface area contributed by atoms with Crippen molar-refractivity contribution < 1.29 is 13.2 Å². The largest absolute Gasteiger partial charge is 0.324 e. The summed E-state index contributed by atoms with van der Waals surface area (Å²) in [4.78, 5) is 12.8. The number of nitrogens with zero attached hydrogens (tertiary/aromatic N) is 2. The molecule has 1 amide bonds. The molecular formula is C22H22N4O3S. The van der Waals surface area contributed by atoms with Crippen molar-refractivity contribution in [1.82, 2.24) is 9.78 Å². The van der Waals surface area contributed by atoms with E-state index in [-0.39, 0.29) is 5.91 Å². The van der Waals surface area contributed by atoms with Gasteiger partial charge in [0.25, 0.3) is 10.0 Å². The maximum atomic E-state index is 12.9. The number of nitrogens with one attached hydrogen (secondary N) is 2. The number of anilines is 2. The zero-order valence-corrected chi connectivity index (χ0v) is 17.3. The molecule has 1 unspecified atom stereocenters. The molecule has 2 aromatic carbocycles. The third kappa shape index (κ3) is 4.28. The molecule has 0 bridgehead atoms. The Bertz CT molecular complexity index is 1200. The van der Waals surface area contributed by atoms with E-state index in [9.17, 15) is 13.2 Å². The normalized spacial score (nSPS) is 14.4. The van der Waals surface area contributed by atoms with Crippen LogP contribution in [-0.4, -0.2) is 24.1 Å². The highest BCUT2D eigenvalue weighted by molar-refractivity contribution is 7.96.